The van der Waals surface area contributed by atoms with Gasteiger partial charge in [0.25, 0.3) is 0 Å². The molecule has 4 fully saturated rings. The van der Waals surface area contributed by atoms with Crippen molar-refractivity contribution in [2.24, 2.45) is 11.8 Å². The normalized spacial score (nSPS) is 51.0. The van der Waals surface area contributed by atoms with E-state index in [0.29, 0.717) is 18.4 Å². The van der Waals surface area contributed by atoms with Crippen LogP contribution in [0.15, 0.2) is 0 Å². The lowest BCUT2D eigenvalue weighted by molar-refractivity contribution is -0.270. The Morgan fingerprint density at radius 2 is 1.44 bits per heavy atom. The minimum Gasteiger partial charge on any atom is -0.350 e. The minimum absolute atomic E-state index is 0.181. The van der Waals surface area contributed by atoms with Crippen molar-refractivity contribution in [3.8, 4) is 0 Å². The predicted molar refractivity (Wildman–Crippen MR) is 95.8 cm³/mol. The van der Waals surface area contributed by atoms with Gasteiger partial charge in [0, 0.05) is 6.42 Å². The van der Waals surface area contributed by atoms with Crippen molar-refractivity contribution in [1.29, 1.82) is 0 Å². The molecule has 9 atom stereocenters. The molecule has 0 amide bonds. The molecule has 4 rings (SSSR count). The summed E-state index contributed by atoms with van der Waals surface area (Å²) in [5.41, 5.74) is 0. The van der Waals surface area contributed by atoms with Gasteiger partial charge in [0.15, 0.2) is 24.2 Å². The fraction of sp³-hybridized carbons (Fsp3) is 1.00. The maximum atomic E-state index is 6.19. The molecule has 4 heterocycles. The van der Waals surface area contributed by atoms with Crippen LogP contribution >= 0.6 is 0 Å². The Bertz CT molecular complexity index is 538. The highest BCUT2D eigenvalue weighted by Crippen LogP contribution is 2.44. The summed E-state index contributed by atoms with van der Waals surface area (Å²) in [6.45, 7) is 14.5. The molecule has 0 spiro atoms. The highest BCUT2D eigenvalue weighted by atomic mass is 16.9. The molecule has 0 bridgehead atoms. The molecule has 4 unspecified atom stereocenters. The summed E-state index contributed by atoms with van der Waals surface area (Å²) in [6, 6.07) is 0. The van der Waals surface area contributed by atoms with Crippen LogP contribution in [-0.4, -0.2) is 61.3 Å². The molecule has 0 aromatic heterocycles. The fourth-order valence-electron chi connectivity index (χ4n) is 4.54. The number of hydrogen-bond acceptors (Lipinski definition) is 7. The zero-order valence-corrected chi connectivity index (χ0v) is 17.5. The zero-order chi connectivity index (χ0) is 19.6. The van der Waals surface area contributed by atoms with Gasteiger partial charge in [-0.3, -0.25) is 0 Å². The molecular weight excluding hydrogens is 352 g/mol. The summed E-state index contributed by atoms with van der Waals surface area (Å²) in [4.78, 5) is 0. The average molecular weight is 386 g/mol. The first-order valence-electron chi connectivity index (χ1n) is 10.2. The largest absolute Gasteiger partial charge is 0.350 e. The van der Waals surface area contributed by atoms with E-state index < -0.39 is 17.9 Å². The van der Waals surface area contributed by atoms with Crippen LogP contribution in [0.1, 0.15) is 54.9 Å². The highest BCUT2D eigenvalue weighted by Gasteiger charge is 2.60. The van der Waals surface area contributed by atoms with E-state index in [1.807, 2.05) is 27.7 Å². The summed E-state index contributed by atoms with van der Waals surface area (Å²) in [6.07, 6.45) is -0.778. The maximum absolute atomic E-state index is 6.19. The smallest absolute Gasteiger partial charge is 0.190 e. The van der Waals surface area contributed by atoms with E-state index in [9.17, 15) is 0 Å². The molecule has 0 N–H and O–H groups in total. The quantitative estimate of drug-likeness (QED) is 0.739. The van der Waals surface area contributed by atoms with E-state index in [2.05, 4.69) is 20.8 Å². The second-order valence-electron chi connectivity index (χ2n) is 9.38. The Balaban J connectivity index is 1.43. The molecule has 156 valence electrons. The van der Waals surface area contributed by atoms with Gasteiger partial charge in [-0.25, -0.2) is 0 Å². The topological polar surface area (TPSA) is 64.6 Å². The van der Waals surface area contributed by atoms with Gasteiger partial charge in [-0.1, -0.05) is 13.8 Å². The molecule has 0 aromatic rings. The van der Waals surface area contributed by atoms with Crippen LogP contribution in [0.3, 0.4) is 0 Å². The molecule has 4 aliphatic rings. The summed E-state index contributed by atoms with van der Waals surface area (Å²) < 4.78 is 42.6. The first-order valence-corrected chi connectivity index (χ1v) is 10.2. The lowest BCUT2D eigenvalue weighted by atomic mass is 9.86. The average Bonchev–Trinajstić information content (AvgIpc) is 3.04. The van der Waals surface area contributed by atoms with E-state index in [4.69, 9.17) is 33.2 Å². The SMILES string of the molecule is CC1C[C@@H](OCC2O[C@@H]3OC(C)(C)O[C@H]3C3OC(C)(C)O[C@@H]23)OC(C)[C@@H]1C. The van der Waals surface area contributed by atoms with Crippen LogP contribution in [0.4, 0.5) is 0 Å². The van der Waals surface area contributed by atoms with E-state index >= 15 is 0 Å². The van der Waals surface area contributed by atoms with Gasteiger partial charge in [0.05, 0.1) is 12.7 Å². The number of fused-ring (bicyclic) bond motifs is 3. The third-order valence-electron chi connectivity index (χ3n) is 6.27. The standard InChI is InChI=1S/C20H34O7/c1-10-8-14(22-12(3)11(10)2)21-9-13-15-16(25-19(4,5)24-15)17-18(23-13)27-20(6,7)26-17/h10-18H,8-9H2,1-7H3/t10?,11-,12?,13?,14+,15+,16?,17+,18-/m1/s1. The molecule has 0 aliphatic carbocycles. The van der Waals surface area contributed by atoms with Crippen LogP contribution < -0.4 is 0 Å². The Hall–Kier alpha value is -0.280. The second-order valence-corrected chi connectivity index (χ2v) is 9.38. The molecule has 7 heteroatoms. The van der Waals surface area contributed by atoms with Crippen LogP contribution in [0.25, 0.3) is 0 Å². The lowest BCUT2D eigenvalue weighted by Gasteiger charge is -2.40. The van der Waals surface area contributed by atoms with Crippen molar-refractivity contribution in [2.75, 3.05) is 6.61 Å². The van der Waals surface area contributed by atoms with Crippen molar-refractivity contribution >= 4 is 0 Å². The Labute approximate surface area is 161 Å². The van der Waals surface area contributed by atoms with Gasteiger partial charge in [-0.05, 0) is 46.5 Å². The molecule has 4 aliphatic heterocycles. The van der Waals surface area contributed by atoms with Gasteiger partial charge < -0.3 is 33.2 Å². The summed E-state index contributed by atoms with van der Waals surface area (Å²) in [5, 5.41) is 0. The van der Waals surface area contributed by atoms with Crippen molar-refractivity contribution in [1.82, 2.24) is 0 Å². The Morgan fingerprint density at radius 3 is 2.15 bits per heavy atom. The molecule has 27 heavy (non-hydrogen) atoms. The number of rotatable bonds is 3. The van der Waals surface area contributed by atoms with Crippen LogP contribution in [0.5, 0.6) is 0 Å². The first-order chi connectivity index (χ1) is 12.5. The third-order valence-corrected chi connectivity index (χ3v) is 6.27. The summed E-state index contributed by atoms with van der Waals surface area (Å²) in [7, 11) is 0. The zero-order valence-electron chi connectivity index (χ0n) is 17.5. The van der Waals surface area contributed by atoms with Gasteiger partial charge >= 0.3 is 0 Å². The Kier molecular flexibility index (Phi) is 5.12. The van der Waals surface area contributed by atoms with Crippen LogP contribution in [0, 0.1) is 11.8 Å². The van der Waals surface area contributed by atoms with Crippen LogP contribution in [0.2, 0.25) is 0 Å². The fourth-order valence-corrected chi connectivity index (χ4v) is 4.54. The van der Waals surface area contributed by atoms with Gasteiger partial charge in [-0.2, -0.15) is 0 Å². The molecule has 7 nitrogen and oxygen atoms in total. The monoisotopic (exact) mass is 386 g/mol. The predicted octanol–water partition coefficient (Wildman–Crippen LogP) is 2.81. The van der Waals surface area contributed by atoms with Gasteiger partial charge in [0.2, 0.25) is 0 Å². The van der Waals surface area contributed by atoms with E-state index in [-0.39, 0.29) is 36.8 Å². The summed E-state index contributed by atoms with van der Waals surface area (Å²) in [5.74, 6) is -0.318. The second kappa shape index (κ2) is 6.90. The van der Waals surface area contributed by atoms with Crippen LogP contribution in [-0.2, 0) is 33.2 Å². The van der Waals surface area contributed by atoms with E-state index in [1.54, 1.807) is 0 Å². The lowest BCUT2D eigenvalue weighted by Crippen LogP contribution is -2.56. The number of hydrogen-bond donors (Lipinski definition) is 0. The van der Waals surface area contributed by atoms with E-state index in [0.717, 1.165) is 6.42 Å². The first kappa shape index (κ1) is 20.0. The van der Waals surface area contributed by atoms with Gasteiger partial charge in [0.1, 0.15) is 24.4 Å². The Morgan fingerprint density at radius 1 is 0.815 bits per heavy atom. The molecule has 0 aromatic carbocycles. The molecule has 0 saturated carbocycles. The molecular formula is C20H34O7. The third kappa shape index (κ3) is 3.92. The van der Waals surface area contributed by atoms with Gasteiger partial charge in [-0.15, -0.1) is 0 Å². The number of ether oxygens (including phenoxy) is 7. The molecule has 0 radical (unpaired) electrons. The summed E-state index contributed by atoms with van der Waals surface area (Å²) >= 11 is 0. The van der Waals surface area contributed by atoms with Crippen molar-refractivity contribution in [2.45, 2.75) is 110 Å². The minimum atomic E-state index is -0.709. The van der Waals surface area contributed by atoms with Crippen molar-refractivity contribution < 1.29 is 33.2 Å². The maximum Gasteiger partial charge on any atom is 0.190 e. The van der Waals surface area contributed by atoms with Crippen molar-refractivity contribution in [3.63, 3.8) is 0 Å². The molecule has 4 saturated heterocycles. The van der Waals surface area contributed by atoms with Crippen molar-refractivity contribution in [3.05, 3.63) is 0 Å². The highest BCUT2D eigenvalue weighted by molar-refractivity contribution is 5.00. The van der Waals surface area contributed by atoms with E-state index in [1.165, 1.54) is 0 Å².